The van der Waals surface area contributed by atoms with Crippen LogP contribution in [-0.4, -0.2) is 44.7 Å². The smallest absolute Gasteiger partial charge is 0.229 e. The van der Waals surface area contributed by atoms with Gasteiger partial charge in [-0.15, -0.1) is 0 Å². The summed E-state index contributed by atoms with van der Waals surface area (Å²) in [5.74, 6) is 0. The molecule has 0 saturated carbocycles. The minimum absolute atomic E-state index is 0.410. The lowest BCUT2D eigenvalue weighted by Crippen LogP contribution is -2.41. The van der Waals surface area contributed by atoms with Crippen molar-refractivity contribution in [3.8, 4) is 0 Å². The van der Waals surface area contributed by atoms with Crippen molar-refractivity contribution in [2.24, 2.45) is 0 Å². The number of hydrogen-bond donors (Lipinski definition) is 2. The Labute approximate surface area is 126 Å². The van der Waals surface area contributed by atoms with E-state index in [0.29, 0.717) is 17.8 Å². The van der Waals surface area contributed by atoms with Gasteiger partial charge in [-0.05, 0) is 37.9 Å². The predicted octanol–water partition coefficient (Wildman–Crippen LogP) is 2.10. The van der Waals surface area contributed by atoms with Crippen LogP contribution in [0.15, 0.2) is 24.3 Å². The highest BCUT2D eigenvalue weighted by molar-refractivity contribution is 7.92. The minimum atomic E-state index is -3.26. The minimum Gasteiger partial charge on any atom is -0.379 e. The fourth-order valence-electron chi connectivity index (χ4n) is 3.51. The third kappa shape index (κ3) is 3.49. The Balaban J connectivity index is 1.76. The highest BCUT2D eigenvalue weighted by atomic mass is 32.2. The van der Waals surface area contributed by atoms with Crippen LogP contribution >= 0.6 is 0 Å². The van der Waals surface area contributed by atoms with Crippen LogP contribution in [0.3, 0.4) is 0 Å². The summed E-state index contributed by atoms with van der Waals surface area (Å²) in [5.41, 5.74) is 1.51. The Morgan fingerprint density at radius 2 is 1.86 bits per heavy atom. The summed E-state index contributed by atoms with van der Waals surface area (Å²) >= 11 is 0. The quantitative estimate of drug-likeness (QED) is 0.894. The molecule has 2 heterocycles. The predicted molar refractivity (Wildman–Crippen MR) is 86.1 cm³/mol. The molecule has 2 aliphatic rings. The van der Waals surface area contributed by atoms with Gasteiger partial charge in [0.15, 0.2) is 0 Å². The molecule has 116 valence electrons. The molecule has 1 aromatic carbocycles. The molecular formula is C15H23N3O2S. The van der Waals surface area contributed by atoms with Crippen LogP contribution in [-0.2, 0) is 10.0 Å². The Bertz CT molecular complexity index is 603. The average Bonchev–Trinajstić information content (AvgIpc) is 2.83. The van der Waals surface area contributed by atoms with Crippen molar-refractivity contribution in [3.05, 3.63) is 24.3 Å². The molecule has 0 spiro atoms. The number of sulfonamides is 1. The Morgan fingerprint density at radius 1 is 1.10 bits per heavy atom. The van der Waals surface area contributed by atoms with Gasteiger partial charge in [-0.1, -0.05) is 18.6 Å². The molecular weight excluding hydrogens is 286 g/mol. The molecule has 0 aromatic heterocycles. The number of nitrogens with zero attached hydrogens (tertiary/aromatic N) is 1. The van der Waals surface area contributed by atoms with Crippen LogP contribution in [0.2, 0.25) is 0 Å². The first-order chi connectivity index (χ1) is 10.0. The SMILES string of the molecule is CS(=O)(=O)Nc1ccccc1NC1CCN2CCCCC12. The highest BCUT2D eigenvalue weighted by Crippen LogP contribution is 2.31. The van der Waals surface area contributed by atoms with Gasteiger partial charge >= 0.3 is 0 Å². The van der Waals surface area contributed by atoms with E-state index in [2.05, 4.69) is 14.9 Å². The van der Waals surface area contributed by atoms with Crippen molar-refractivity contribution >= 4 is 21.4 Å². The molecule has 21 heavy (non-hydrogen) atoms. The number of anilines is 2. The first-order valence-corrected chi connectivity index (χ1v) is 9.49. The zero-order valence-corrected chi connectivity index (χ0v) is 13.2. The van der Waals surface area contributed by atoms with Gasteiger partial charge in [-0.25, -0.2) is 8.42 Å². The molecule has 2 N–H and O–H groups in total. The first-order valence-electron chi connectivity index (χ1n) is 7.60. The Kier molecular flexibility index (Phi) is 4.08. The summed E-state index contributed by atoms with van der Waals surface area (Å²) in [6, 6.07) is 8.53. The summed E-state index contributed by atoms with van der Waals surface area (Å²) in [5, 5.41) is 3.56. The first kappa shape index (κ1) is 14.7. The van der Waals surface area contributed by atoms with E-state index in [1.54, 1.807) is 6.07 Å². The van der Waals surface area contributed by atoms with Crippen molar-refractivity contribution in [1.29, 1.82) is 0 Å². The van der Waals surface area contributed by atoms with Gasteiger partial charge < -0.3 is 5.32 Å². The van der Waals surface area contributed by atoms with E-state index in [4.69, 9.17) is 0 Å². The molecule has 2 unspecified atom stereocenters. The summed E-state index contributed by atoms with van der Waals surface area (Å²) in [7, 11) is -3.26. The van der Waals surface area contributed by atoms with Gasteiger partial charge in [-0.2, -0.15) is 0 Å². The summed E-state index contributed by atoms with van der Waals surface area (Å²) < 4.78 is 25.5. The van der Waals surface area contributed by atoms with Crippen molar-refractivity contribution in [2.75, 3.05) is 29.4 Å². The molecule has 2 aliphatic heterocycles. The largest absolute Gasteiger partial charge is 0.379 e. The molecule has 0 bridgehead atoms. The standard InChI is InChI=1S/C15H23N3O2S/c1-21(19,20)17-13-7-3-2-6-12(13)16-14-9-11-18-10-5-4-8-15(14)18/h2-3,6-7,14-17H,4-5,8-11H2,1H3. The maximum atomic E-state index is 11.5. The summed E-state index contributed by atoms with van der Waals surface area (Å²) in [6.07, 6.45) is 6.14. The van der Waals surface area contributed by atoms with Crippen LogP contribution in [0.5, 0.6) is 0 Å². The third-order valence-corrected chi connectivity index (χ3v) is 5.01. The monoisotopic (exact) mass is 309 g/mol. The number of para-hydroxylation sites is 2. The number of fused-ring (bicyclic) bond motifs is 1. The Morgan fingerprint density at radius 3 is 2.62 bits per heavy atom. The normalized spacial score (nSPS) is 26.3. The van der Waals surface area contributed by atoms with E-state index in [1.165, 1.54) is 32.1 Å². The zero-order valence-electron chi connectivity index (χ0n) is 12.4. The van der Waals surface area contributed by atoms with Crippen LogP contribution in [0.4, 0.5) is 11.4 Å². The molecule has 3 rings (SSSR count). The molecule has 6 heteroatoms. The van der Waals surface area contributed by atoms with Gasteiger partial charge in [-0.3, -0.25) is 9.62 Å². The summed E-state index contributed by atoms with van der Waals surface area (Å²) in [4.78, 5) is 2.56. The molecule has 0 radical (unpaired) electrons. The van der Waals surface area contributed by atoms with Crippen LogP contribution in [0.25, 0.3) is 0 Å². The number of rotatable bonds is 4. The topological polar surface area (TPSA) is 61.4 Å². The van der Waals surface area contributed by atoms with Crippen LogP contribution in [0.1, 0.15) is 25.7 Å². The summed E-state index contributed by atoms with van der Waals surface area (Å²) in [6.45, 7) is 2.34. The number of hydrogen-bond acceptors (Lipinski definition) is 4. The van der Waals surface area contributed by atoms with E-state index >= 15 is 0 Å². The van der Waals surface area contributed by atoms with Gasteiger partial charge in [0.05, 0.1) is 17.6 Å². The number of benzene rings is 1. The fraction of sp³-hybridized carbons (Fsp3) is 0.600. The van der Waals surface area contributed by atoms with Gasteiger partial charge in [0.1, 0.15) is 0 Å². The highest BCUT2D eigenvalue weighted by Gasteiger charge is 2.35. The average molecular weight is 309 g/mol. The maximum absolute atomic E-state index is 11.5. The molecule has 0 aliphatic carbocycles. The van der Waals surface area contributed by atoms with E-state index in [0.717, 1.165) is 18.7 Å². The number of nitrogens with one attached hydrogen (secondary N) is 2. The van der Waals surface area contributed by atoms with Gasteiger partial charge in [0.2, 0.25) is 10.0 Å². The zero-order chi connectivity index (χ0) is 14.9. The lowest BCUT2D eigenvalue weighted by atomic mass is 9.99. The second-order valence-corrected chi connectivity index (χ2v) is 7.81. The molecule has 5 nitrogen and oxygen atoms in total. The molecule has 2 atom stereocenters. The molecule has 2 saturated heterocycles. The van der Waals surface area contributed by atoms with E-state index < -0.39 is 10.0 Å². The van der Waals surface area contributed by atoms with Crippen LogP contribution in [0, 0.1) is 0 Å². The third-order valence-electron chi connectivity index (χ3n) is 4.42. The molecule has 2 fully saturated rings. The lowest BCUT2D eigenvalue weighted by Gasteiger charge is -2.33. The fourth-order valence-corrected chi connectivity index (χ4v) is 4.09. The molecule has 1 aromatic rings. The number of piperidine rings is 1. The van der Waals surface area contributed by atoms with Gasteiger partial charge in [0.25, 0.3) is 0 Å². The Hall–Kier alpha value is -1.27. The van der Waals surface area contributed by atoms with Crippen molar-refractivity contribution < 1.29 is 8.42 Å². The second-order valence-electron chi connectivity index (χ2n) is 6.06. The van der Waals surface area contributed by atoms with Crippen LogP contribution < -0.4 is 10.0 Å². The lowest BCUT2D eigenvalue weighted by molar-refractivity contribution is 0.193. The van der Waals surface area contributed by atoms with Crippen molar-refractivity contribution in [2.45, 2.75) is 37.8 Å². The second kappa shape index (κ2) is 5.85. The van der Waals surface area contributed by atoms with Crippen molar-refractivity contribution in [3.63, 3.8) is 0 Å². The van der Waals surface area contributed by atoms with E-state index in [1.807, 2.05) is 18.2 Å². The maximum Gasteiger partial charge on any atom is 0.229 e. The molecule has 0 amide bonds. The van der Waals surface area contributed by atoms with E-state index in [9.17, 15) is 8.42 Å². The van der Waals surface area contributed by atoms with E-state index in [-0.39, 0.29) is 0 Å². The van der Waals surface area contributed by atoms with Crippen molar-refractivity contribution in [1.82, 2.24) is 4.90 Å². The van der Waals surface area contributed by atoms with Gasteiger partial charge in [0, 0.05) is 18.6 Å².